The summed E-state index contributed by atoms with van der Waals surface area (Å²) in [6, 6.07) is 3.10. The average molecular weight is 202 g/mol. The monoisotopic (exact) mass is 201 g/mol. The van der Waals surface area contributed by atoms with E-state index in [1.54, 1.807) is 19.9 Å². The van der Waals surface area contributed by atoms with Gasteiger partial charge in [-0.15, -0.1) is 0 Å². The number of phenols is 2. The number of hydrogen-bond acceptors (Lipinski definition) is 3. The molecule has 0 spiro atoms. The smallest absolute Gasteiger partial charge is 0.176 e. The molecule has 1 rings (SSSR count). The molecular weight excluding hydrogens is 190 g/mol. The van der Waals surface area contributed by atoms with E-state index in [9.17, 15) is 10.2 Å². The van der Waals surface area contributed by atoms with Crippen LogP contribution in [0.1, 0.15) is 19.4 Å². The van der Waals surface area contributed by atoms with Gasteiger partial charge in [0.2, 0.25) is 0 Å². The molecule has 1 aromatic carbocycles. The lowest BCUT2D eigenvalue weighted by Gasteiger charge is -2.20. The summed E-state index contributed by atoms with van der Waals surface area (Å²) < 4.78 is 0. The van der Waals surface area contributed by atoms with Gasteiger partial charge >= 0.3 is 0 Å². The van der Waals surface area contributed by atoms with Crippen molar-refractivity contribution < 1.29 is 10.2 Å². The summed E-state index contributed by atoms with van der Waals surface area (Å²) >= 11 is 5.59. The molecule has 0 aliphatic rings. The number of hydrogen-bond donors (Lipinski definition) is 3. The Balaban J connectivity index is 3.35. The van der Waals surface area contributed by atoms with Crippen LogP contribution in [0.3, 0.4) is 0 Å². The fourth-order valence-corrected chi connectivity index (χ4v) is 1.23. The minimum atomic E-state index is -0.702. The Bertz CT molecular complexity index is 331. The molecule has 0 unspecified atom stereocenters. The van der Waals surface area contributed by atoms with E-state index >= 15 is 0 Å². The predicted octanol–water partition coefficient (Wildman–Crippen LogP) is 1.95. The van der Waals surface area contributed by atoms with E-state index in [0.29, 0.717) is 5.56 Å². The van der Waals surface area contributed by atoms with Gasteiger partial charge in [-0.1, -0.05) is 17.7 Å². The Labute approximate surface area is 81.8 Å². The van der Waals surface area contributed by atoms with Crippen molar-refractivity contribution in [3.63, 3.8) is 0 Å². The van der Waals surface area contributed by atoms with Crippen molar-refractivity contribution in [2.24, 2.45) is 5.73 Å². The SMILES string of the molecule is CC(C)(N)c1ccc(Cl)c(O)c1O. The normalized spacial score (nSPS) is 11.7. The zero-order chi connectivity index (χ0) is 10.2. The quantitative estimate of drug-likeness (QED) is 0.609. The molecule has 4 N–H and O–H groups in total. The molecule has 13 heavy (non-hydrogen) atoms. The molecule has 0 amide bonds. The molecule has 0 saturated heterocycles. The number of aromatic hydroxyl groups is 2. The molecule has 3 nitrogen and oxygen atoms in total. The van der Waals surface area contributed by atoms with Crippen LogP contribution in [0.5, 0.6) is 11.5 Å². The third-order valence-electron chi connectivity index (χ3n) is 1.80. The van der Waals surface area contributed by atoms with Gasteiger partial charge in [0.15, 0.2) is 11.5 Å². The van der Waals surface area contributed by atoms with Gasteiger partial charge in [0.25, 0.3) is 0 Å². The molecule has 0 bridgehead atoms. The molecule has 0 aliphatic heterocycles. The van der Waals surface area contributed by atoms with Gasteiger partial charge in [0.1, 0.15) is 0 Å². The van der Waals surface area contributed by atoms with Crippen LogP contribution in [-0.4, -0.2) is 10.2 Å². The van der Waals surface area contributed by atoms with Crippen LogP contribution in [0, 0.1) is 0 Å². The Kier molecular flexibility index (Phi) is 2.41. The first kappa shape index (κ1) is 10.2. The van der Waals surface area contributed by atoms with E-state index in [4.69, 9.17) is 17.3 Å². The van der Waals surface area contributed by atoms with Gasteiger partial charge in [-0.2, -0.15) is 0 Å². The molecule has 0 heterocycles. The maximum atomic E-state index is 9.50. The van der Waals surface area contributed by atoms with Gasteiger partial charge in [-0.25, -0.2) is 0 Å². The van der Waals surface area contributed by atoms with Crippen molar-refractivity contribution in [3.8, 4) is 11.5 Å². The summed E-state index contributed by atoms with van der Waals surface area (Å²) in [5, 5.41) is 18.9. The van der Waals surface area contributed by atoms with Crippen LogP contribution < -0.4 is 5.73 Å². The maximum Gasteiger partial charge on any atom is 0.176 e. The number of phenolic OH excluding ortho intramolecular Hbond substituents is 2. The van der Waals surface area contributed by atoms with Gasteiger partial charge in [-0.3, -0.25) is 0 Å². The van der Waals surface area contributed by atoms with E-state index in [1.807, 2.05) is 0 Å². The maximum absolute atomic E-state index is 9.50. The summed E-state index contributed by atoms with van der Waals surface area (Å²) in [7, 11) is 0. The van der Waals surface area contributed by atoms with Crippen molar-refractivity contribution in [3.05, 3.63) is 22.7 Å². The van der Waals surface area contributed by atoms with Gasteiger partial charge in [-0.05, 0) is 19.9 Å². The highest BCUT2D eigenvalue weighted by molar-refractivity contribution is 6.32. The number of benzene rings is 1. The second-order valence-corrected chi connectivity index (χ2v) is 3.92. The Morgan fingerprint density at radius 2 is 1.77 bits per heavy atom. The second-order valence-electron chi connectivity index (χ2n) is 3.51. The fraction of sp³-hybridized carbons (Fsp3) is 0.333. The third-order valence-corrected chi connectivity index (χ3v) is 2.10. The fourth-order valence-electron chi connectivity index (χ4n) is 1.07. The first-order valence-electron chi connectivity index (χ1n) is 3.84. The summed E-state index contributed by atoms with van der Waals surface area (Å²) in [5.41, 5.74) is 5.53. The number of rotatable bonds is 1. The largest absolute Gasteiger partial charge is 0.504 e. The molecule has 72 valence electrons. The second kappa shape index (κ2) is 3.09. The lowest BCUT2D eigenvalue weighted by molar-refractivity contribution is 0.386. The predicted molar refractivity (Wildman–Crippen MR) is 52.0 cm³/mol. The van der Waals surface area contributed by atoms with Crippen molar-refractivity contribution in [1.82, 2.24) is 0 Å². The van der Waals surface area contributed by atoms with Crippen molar-refractivity contribution in [2.45, 2.75) is 19.4 Å². The molecule has 0 fully saturated rings. The molecule has 0 aromatic heterocycles. The lowest BCUT2D eigenvalue weighted by Crippen LogP contribution is -2.28. The summed E-state index contributed by atoms with van der Waals surface area (Å²) in [5.74, 6) is -0.572. The van der Waals surface area contributed by atoms with E-state index in [2.05, 4.69) is 0 Å². The zero-order valence-corrected chi connectivity index (χ0v) is 8.26. The van der Waals surface area contributed by atoms with Gasteiger partial charge in [0, 0.05) is 11.1 Å². The zero-order valence-electron chi connectivity index (χ0n) is 7.50. The van der Waals surface area contributed by atoms with Gasteiger partial charge < -0.3 is 15.9 Å². The molecule has 0 radical (unpaired) electrons. The van der Waals surface area contributed by atoms with Crippen molar-refractivity contribution >= 4 is 11.6 Å². The van der Waals surface area contributed by atoms with Crippen LogP contribution in [0.4, 0.5) is 0 Å². The standard InChI is InChI=1S/C9H12ClNO2/c1-9(2,11)5-3-4-6(10)8(13)7(5)12/h3-4,12-13H,11H2,1-2H3. The molecule has 4 heteroatoms. The van der Waals surface area contributed by atoms with Crippen LogP contribution >= 0.6 is 11.6 Å². The highest BCUT2D eigenvalue weighted by Crippen LogP contribution is 2.39. The van der Waals surface area contributed by atoms with Gasteiger partial charge in [0.05, 0.1) is 5.02 Å². The Hall–Kier alpha value is -0.930. The van der Waals surface area contributed by atoms with E-state index in [0.717, 1.165) is 0 Å². The van der Waals surface area contributed by atoms with E-state index in [-0.39, 0.29) is 16.5 Å². The van der Waals surface area contributed by atoms with Crippen LogP contribution in [0.25, 0.3) is 0 Å². The molecule has 0 saturated carbocycles. The minimum Gasteiger partial charge on any atom is -0.504 e. The molecule has 1 aromatic rings. The molecule has 0 atom stereocenters. The molecule has 0 aliphatic carbocycles. The van der Waals surface area contributed by atoms with Crippen molar-refractivity contribution in [1.29, 1.82) is 0 Å². The van der Waals surface area contributed by atoms with Crippen molar-refractivity contribution in [2.75, 3.05) is 0 Å². The highest BCUT2D eigenvalue weighted by atomic mass is 35.5. The minimum absolute atomic E-state index is 0.116. The molecular formula is C9H12ClNO2. The third kappa shape index (κ3) is 1.87. The Morgan fingerprint density at radius 3 is 2.23 bits per heavy atom. The first-order valence-corrected chi connectivity index (χ1v) is 4.21. The topological polar surface area (TPSA) is 66.5 Å². The van der Waals surface area contributed by atoms with E-state index < -0.39 is 5.54 Å². The Morgan fingerprint density at radius 1 is 1.23 bits per heavy atom. The average Bonchev–Trinajstić information content (AvgIpc) is 1.98. The van der Waals surface area contributed by atoms with E-state index in [1.165, 1.54) is 6.07 Å². The van der Waals surface area contributed by atoms with Crippen LogP contribution in [0.2, 0.25) is 5.02 Å². The lowest BCUT2D eigenvalue weighted by atomic mass is 9.94. The summed E-state index contributed by atoms with van der Waals surface area (Å²) in [6.07, 6.45) is 0. The summed E-state index contributed by atoms with van der Waals surface area (Å²) in [4.78, 5) is 0. The highest BCUT2D eigenvalue weighted by Gasteiger charge is 2.21. The first-order chi connectivity index (χ1) is 5.84. The number of halogens is 1. The summed E-state index contributed by atoms with van der Waals surface area (Å²) in [6.45, 7) is 3.46. The van der Waals surface area contributed by atoms with Crippen LogP contribution in [-0.2, 0) is 5.54 Å². The number of nitrogens with two attached hydrogens (primary N) is 1. The van der Waals surface area contributed by atoms with Crippen LogP contribution in [0.15, 0.2) is 12.1 Å².